The molecule has 0 spiro atoms. The molecule has 2 N–H and O–H groups in total. The third-order valence-electron chi connectivity index (χ3n) is 3.61. The van der Waals surface area contributed by atoms with Gasteiger partial charge in [0.1, 0.15) is 0 Å². The van der Waals surface area contributed by atoms with Gasteiger partial charge in [0.15, 0.2) is 0 Å². The zero-order valence-electron chi connectivity index (χ0n) is 11.1. The number of carbonyl (C=O) groups excluding carboxylic acids is 1. The van der Waals surface area contributed by atoms with Gasteiger partial charge in [-0.15, -0.1) is 0 Å². The van der Waals surface area contributed by atoms with E-state index in [0.717, 1.165) is 39.0 Å². The number of nitrogens with zero attached hydrogens (tertiary/aromatic N) is 1. The Bertz CT molecular complexity index is 249. The van der Waals surface area contributed by atoms with Crippen LogP contribution >= 0.6 is 0 Å². The molecule has 104 valence electrons. The standard InChI is InChI=1S/C13H25N3O2/c17-13(15-16-9-2-1-3-10-16)6-11-18-12-4-7-14-8-5-12/h12,14H,1-11H2,(H,15,17). The number of ether oxygens (including phenoxy) is 1. The van der Waals surface area contributed by atoms with Crippen LogP contribution in [0, 0.1) is 0 Å². The highest BCUT2D eigenvalue weighted by Crippen LogP contribution is 2.08. The van der Waals surface area contributed by atoms with Crippen molar-refractivity contribution < 1.29 is 9.53 Å². The molecule has 0 bridgehead atoms. The molecule has 0 aromatic carbocycles. The summed E-state index contributed by atoms with van der Waals surface area (Å²) < 4.78 is 5.72. The molecule has 18 heavy (non-hydrogen) atoms. The Balaban J connectivity index is 1.53. The number of rotatable bonds is 5. The zero-order valence-corrected chi connectivity index (χ0v) is 11.1. The SMILES string of the molecule is O=C(CCOC1CCNCC1)NN1CCCCC1. The van der Waals surface area contributed by atoms with Crippen LogP contribution < -0.4 is 10.7 Å². The van der Waals surface area contributed by atoms with Gasteiger partial charge >= 0.3 is 0 Å². The van der Waals surface area contributed by atoms with Crippen LogP contribution in [0.2, 0.25) is 0 Å². The van der Waals surface area contributed by atoms with Gasteiger partial charge < -0.3 is 10.1 Å². The van der Waals surface area contributed by atoms with Crippen molar-refractivity contribution in [3.63, 3.8) is 0 Å². The lowest BCUT2D eigenvalue weighted by Gasteiger charge is -2.27. The summed E-state index contributed by atoms with van der Waals surface area (Å²) in [6.45, 7) is 4.58. The van der Waals surface area contributed by atoms with E-state index in [1.807, 2.05) is 5.01 Å². The van der Waals surface area contributed by atoms with Crippen molar-refractivity contribution in [3.05, 3.63) is 0 Å². The van der Waals surface area contributed by atoms with Crippen LogP contribution in [0.25, 0.3) is 0 Å². The van der Waals surface area contributed by atoms with E-state index in [1.165, 1.54) is 19.3 Å². The average molecular weight is 255 g/mol. The minimum absolute atomic E-state index is 0.0887. The predicted octanol–water partition coefficient (Wildman–Crippen LogP) is 0.662. The van der Waals surface area contributed by atoms with Crippen LogP contribution in [0.1, 0.15) is 38.5 Å². The van der Waals surface area contributed by atoms with Crippen LogP contribution in [0.15, 0.2) is 0 Å². The van der Waals surface area contributed by atoms with Gasteiger partial charge in [-0.25, -0.2) is 5.01 Å². The summed E-state index contributed by atoms with van der Waals surface area (Å²) >= 11 is 0. The number of hydrazine groups is 1. The number of hydrogen-bond acceptors (Lipinski definition) is 4. The summed E-state index contributed by atoms with van der Waals surface area (Å²) in [6, 6.07) is 0. The summed E-state index contributed by atoms with van der Waals surface area (Å²) in [7, 11) is 0. The molecular formula is C13H25N3O2. The maximum atomic E-state index is 11.7. The van der Waals surface area contributed by atoms with E-state index in [-0.39, 0.29) is 5.91 Å². The Labute approximate surface area is 109 Å². The van der Waals surface area contributed by atoms with Gasteiger partial charge in [0, 0.05) is 13.1 Å². The number of hydrogen-bond donors (Lipinski definition) is 2. The first kappa shape index (κ1) is 13.8. The van der Waals surface area contributed by atoms with Gasteiger partial charge in [-0.2, -0.15) is 0 Å². The van der Waals surface area contributed by atoms with Gasteiger partial charge in [0.2, 0.25) is 5.91 Å². The van der Waals surface area contributed by atoms with Crippen molar-refractivity contribution in [1.82, 2.24) is 15.8 Å². The van der Waals surface area contributed by atoms with Crippen molar-refractivity contribution in [3.8, 4) is 0 Å². The van der Waals surface area contributed by atoms with Gasteiger partial charge in [-0.05, 0) is 38.8 Å². The molecule has 0 atom stereocenters. The van der Waals surface area contributed by atoms with E-state index in [1.54, 1.807) is 0 Å². The van der Waals surface area contributed by atoms with Crippen molar-refractivity contribution >= 4 is 5.91 Å². The highest BCUT2D eigenvalue weighted by molar-refractivity contribution is 5.75. The van der Waals surface area contributed by atoms with Crippen molar-refractivity contribution in [2.45, 2.75) is 44.6 Å². The largest absolute Gasteiger partial charge is 0.378 e. The minimum Gasteiger partial charge on any atom is -0.378 e. The fourth-order valence-corrected chi connectivity index (χ4v) is 2.52. The van der Waals surface area contributed by atoms with Crippen molar-refractivity contribution in [1.29, 1.82) is 0 Å². The lowest BCUT2D eigenvalue weighted by atomic mass is 10.1. The summed E-state index contributed by atoms with van der Waals surface area (Å²) in [5, 5.41) is 5.34. The van der Waals surface area contributed by atoms with Gasteiger partial charge in [0.05, 0.1) is 19.1 Å². The van der Waals surface area contributed by atoms with Crippen molar-refractivity contribution in [2.75, 3.05) is 32.8 Å². The third kappa shape index (κ3) is 4.92. The Kier molecular flexibility index (Phi) is 5.90. The molecule has 2 saturated heterocycles. The molecule has 0 aromatic rings. The van der Waals surface area contributed by atoms with Crippen LogP contribution in [0.4, 0.5) is 0 Å². The molecule has 0 aliphatic carbocycles. The fraction of sp³-hybridized carbons (Fsp3) is 0.923. The maximum absolute atomic E-state index is 11.7. The van der Waals surface area contributed by atoms with Crippen molar-refractivity contribution in [2.24, 2.45) is 0 Å². The number of carbonyl (C=O) groups is 1. The first-order valence-corrected chi connectivity index (χ1v) is 7.21. The lowest BCUT2D eigenvalue weighted by Crippen LogP contribution is -2.45. The number of amides is 1. The van der Waals surface area contributed by atoms with Gasteiger partial charge in [0.25, 0.3) is 0 Å². The van der Waals surface area contributed by atoms with Crippen LogP contribution in [0.5, 0.6) is 0 Å². The van der Waals surface area contributed by atoms with Crippen LogP contribution in [-0.4, -0.2) is 49.8 Å². The second kappa shape index (κ2) is 7.71. The fourth-order valence-electron chi connectivity index (χ4n) is 2.52. The third-order valence-corrected chi connectivity index (χ3v) is 3.61. The molecule has 2 heterocycles. The normalized spacial score (nSPS) is 22.9. The van der Waals surface area contributed by atoms with E-state index < -0.39 is 0 Å². The van der Waals surface area contributed by atoms with Crippen LogP contribution in [0.3, 0.4) is 0 Å². The summed E-state index contributed by atoms with van der Waals surface area (Å²) in [5.41, 5.74) is 2.96. The molecule has 1 amide bonds. The molecule has 2 rings (SSSR count). The van der Waals surface area contributed by atoms with E-state index in [2.05, 4.69) is 10.7 Å². The van der Waals surface area contributed by atoms with Crippen LogP contribution in [-0.2, 0) is 9.53 Å². The number of piperidine rings is 2. The highest BCUT2D eigenvalue weighted by atomic mass is 16.5. The molecule has 5 nitrogen and oxygen atoms in total. The Hall–Kier alpha value is -0.650. The molecule has 0 radical (unpaired) electrons. The van der Waals surface area contributed by atoms with E-state index in [4.69, 9.17) is 4.74 Å². The molecular weight excluding hydrogens is 230 g/mol. The summed E-state index contributed by atoms with van der Waals surface area (Å²) in [4.78, 5) is 11.7. The second-order valence-electron chi connectivity index (χ2n) is 5.15. The van der Waals surface area contributed by atoms with Gasteiger partial charge in [-0.3, -0.25) is 10.2 Å². The van der Waals surface area contributed by atoms with Gasteiger partial charge in [-0.1, -0.05) is 6.42 Å². The van der Waals surface area contributed by atoms with E-state index in [0.29, 0.717) is 19.1 Å². The topological polar surface area (TPSA) is 53.6 Å². The molecule has 0 unspecified atom stereocenters. The molecule has 2 aliphatic rings. The molecule has 5 heteroatoms. The van der Waals surface area contributed by atoms with E-state index in [9.17, 15) is 4.79 Å². The second-order valence-corrected chi connectivity index (χ2v) is 5.15. The molecule has 0 aromatic heterocycles. The number of nitrogens with one attached hydrogen (secondary N) is 2. The first-order valence-electron chi connectivity index (χ1n) is 7.21. The predicted molar refractivity (Wildman–Crippen MR) is 70.0 cm³/mol. The molecule has 0 saturated carbocycles. The highest BCUT2D eigenvalue weighted by Gasteiger charge is 2.15. The van der Waals surface area contributed by atoms with E-state index >= 15 is 0 Å². The zero-order chi connectivity index (χ0) is 12.6. The maximum Gasteiger partial charge on any atom is 0.236 e. The first-order chi connectivity index (χ1) is 8.84. The molecule has 2 fully saturated rings. The smallest absolute Gasteiger partial charge is 0.236 e. The monoisotopic (exact) mass is 255 g/mol. The Morgan fingerprint density at radius 1 is 1.22 bits per heavy atom. The Morgan fingerprint density at radius 2 is 1.94 bits per heavy atom. The average Bonchev–Trinajstić information content (AvgIpc) is 2.41. The Morgan fingerprint density at radius 3 is 2.67 bits per heavy atom. The summed E-state index contributed by atoms with van der Waals surface area (Å²) in [5.74, 6) is 0.0887. The summed E-state index contributed by atoms with van der Waals surface area (Å²) in [6.07, 6.45) is 6.60. The minimum atomic E-state index is 0.0887. The molecule has 2 aliphatic heterocycles. The quantitative estimate of drug-likeness (QED) is 0.758. The lowest BCUT2D eigenvalue weighted by molar-refractivity contribution is -0.128.